The van der Waals surface area contributed by atoms with Gasteiger partial charge in [-0.2, -0.15) is 0 Å². The average molecular weight is 365 g/mol. The standard InChI is InChI=1S/C24H32N2O/c1-2-26(20-22-12-7-4-8-13-22)24(27)23-15-18-25(19-16-23)17-9-14-21-10-5-3-6-11-21/h3-8,10-13,23H,2,9,14-20H2,1H3. The van der Waals surface area contributed by atoms with Gasteiger partial charge in [-0.1, -0.05) is 60.7 Å². The van der Waals surface area contributed by atoms with Crippen molar-refractivity contribution >= 4 is 5.91 Å². The Bertz CT molecular complexity index is 678. The summed E-state index contributed by atoms with van der Waals surface area (Å²) in [6, 6.07) is 21.0. The second-order valence-electron chi connectivity index (χ2n) is 7.54. The van der Waals surface area contributed by atoms with Gasteiger partial charge in [0.1, 0.15) is 0 Å². The summed E-state index contributed by atoms with van der Waals surface area (Å²) < 4.78 is 0. The van der Waals surface area contributed by atoms with E-state index in [0.717, 1.165) is 52.0 Å². The Morgan fingerprint density at radius 1 is 0.963 bits per heavy atom. The maximum atomic E-state index is 12.9. The zero-order valence-electron chi connectivity index (χ0n) is 16.5. The highest BCUT2D eigenvalue weighted by atomic mass is 16.2. The number of benzene rings is 2. The summed E-state index contributed by atoms with van der Waals surface area (Å²) in [5.74, 6) is 0.532. The number of likely N-dealkylation sites (tertiary alicyclic amines) is 1. The lowest BCUT2D eigenvalue weighted by Gasteiger charge is -2.34. The molecule has 1 amide bonds. The summed E-state index contributed by atoms with van der Waals surface area (Å²) in [7, 11) is 0. The predicted octanol–water partition coefficient (Wildman–Crippen LogP) is 4.38. The van der Waals surface area contributed by atoms with Gasteiger partial charge in [-0.25, -0.2) is 0 Å². The van der Waals surface area contributed by atoms with E-state index in [9.17, 15) is 4.79 Å². The molecule has 1 saturated heterocycles. The first-order valence-electron chi connectivity index (χ1n) is 10.3. The lowest BCUT2D eigenvalue weighted by atomic mass is 9.94. The minimum Gasteiger partial charge on any atom is -0.338 e. The van der Waals surface area contributed by atoms with Crippen LogP contribution in [-0.2, 0) is 17.8 Å². The van der Waals surface area contributed by atoms with Crippen LogP contribution >= 0.6 is 0 Å². The molecule has 0 aromatic heterocycles. The van der Waals surface area contributed by atoms with Crippen LogP contribution in [0.15, 0.2) is 60.7 Å². The van der Waals surface area contributed by atoms with Crippen molar-refractivity contribution < 1.29 is 4.79 Å². The summed E-state index contributed by atoms with van der Waals surface area (Å²) in [4.78, 5) is 17.5. The molecule has 1 aliphatic heterocycles. The predicted molar refractivity (Wildman–Crippen MR) is 111 cm³/mol. The molecular weight excluding hydrogens is 332 g/mol. The van der Waals surface area contributed by atoms with Gasteiger partial charge in [0, 0.05) is 19.0 Å². The number of hydrogen-bond donors (Lipinski definition) is 0. The highest BCUT2D eigenvalue weighted by Gasteiger charge is 2.27. The molecule has 0 atom stereocenters. The highest BCUT2D eigenvalue weighted by molar-refractivity contribution is 5.79. The molecule has 1 fully saturated rings. The summed E-state index contributed by atoms with van der Waals surface area (Å²) in [5.41, 5.74) is 2.63. The molecule has 0 aliphatic carbocycles. The lowest BCUT2D eigenvalue weighted by Crippen LogP contribution is -2.42. The third-order valence-corrected chi connectivity index (χ3v) is 5.63. The minimum absolute atomic E-state index is 0.194. The van der Waals surface area contributed by atoms with Crippen LogP contribution in [0.1, 0.15) is 37.3 Å². The number of aryl methyl sites for hydroxylation is 1. The van der Waals surface area contributed by atoms with Crippen molar-refractivity contribution in [2.45, 2.75) is 39.2 Å². The zero-order valence-corrected chi connectivity index (χ0v) is 16.5. The molecule has 3 rings (SSSR count). The van der Waals surface area contributed by atoms with Crippen LogP contribution in [0.2, 0.25) is 0 Å². The van der Waals surface area contributed by atoms with E-state index in [-0.39, 0.29) is 5.92 Å². The smallest absolute Gasteiger partial charge is 0.226 e. The largest absolute Gasteiger partial charge is 0.338 e. The SMILES string of the molecule is CCN(Cc1ccccc1)C(=O)C1CCN(CCCc2ccccc2)CC1. The summed E-state index contributed by atoms with van der Waals surface area (Å²) >= 11 is 0. The monoisotopic (exact) mass is 364 g/mol. The van der Waals surface area contributed by atoms with Crippen molar-refractivity contribution in [3.63, 3.8) is 0 Å². The number of hydrogen-bond acceptors (Lipinski definition) is 2. The first kappa shape index (κ1) is 19.6. The molecule has 1 heterocycles. The molecule has 0 saturated carbocycles. The summed E-state index contributed by atoms with van der Waals surface area (Å²) in [5, 5.41) is 0. The van der Waals surface area contributed by atoms with E-state index in [2.05, 4.69) is 54.3 Å². The number of nitrogens with zero attached hydrogens (tertiary/aromatic N) is 2. The molecule has 2 aromatic carbocycles. The normalized spacial score (nSPS) is 15.6. The van der Waals surface area contributed by atoms with Crippen molar-refractivity contribution in [3.8, 4) is 0 Å². The maximum Gasteiger partial charge on any atom is 0.226 e. The van der Waals surface area contributed by atoms with E-state index in [4.69, 9.17) is 0 Å². The fourth-order valence-electron chi connectivity index (χ4n) is 3.96. The topological polar surface area (TPSA) is 23.6 Å². The van der Waals surface area contributed by atoms with Crippen molar-refractivity contribution in [1.29, 1.82) is 0 Å². The van der Waals surface area contributed by atoms with E-state index >= 15 is 0 Å². The van der Waals surface area contributed by atoms with Crippen molar-refractivity contribution in [2.24, 2.45) is 5.92 Å². The Labute approximate surface area is 164 Å². The van der Waals surface area contributed by atoms with Crippen molar-refractivity contribution in [3.05, 3.63) is 71.8 Å². The van der Waals surface area contributed by atoms with E-state index < -0.39 is 0 Å². The molecule has 0 radical (unpaired) electrons. The molecular formula is C24H32N2O. The molecule has 144 valence electrons. The van der Waals surface area contributed by atoms with E-state index in [1.165, 1.54) is 17.5 Å². The van der Waals surface area contributed by atoms with Gasteiger partial charge in [0.25, 0.3) is 0 Å². The van der Waals surface area contributed by atoms with Crippen LogP contribution in [0.5, 0.6) is 0 Å². The fraction of sp³-hybridized carbons (Fsp3) is 0.458. The van der Waals surface area contributed by atoms with Crippen LogP contribution in [-0.4, -0.2) is 41.9 Å². The third kappa shape index (κ3) is 5.93. The zero-order chi connectivity index (χ0) is 18.9. The number of carbonyl (C=O) groups is 1. The van der Waals surface area contributed by atoms with Gasteiger partial charge in [-0.3, -0.25) is 4.79 Å². The van der Waals surface area contributed by atoms with E-state index in [1.807, 2.05) is 23.1 Å². The second-order valence-corrected chi connectivity index (χ2v) is 7.54. The summed E-state index contributed by atoms with van der Waals surface area (Å²) in [6.07, 6.45) is 4.32. The molecule has 0 N–H and O–H groups in total. The molecule has 3 heteroatoms. The number of piperidine rings is 1. The van der Waals surface area contributed by atoms with Crippen LogP contribution in [0, 0.1) is 5.92 Å². The van der Waals surface area contributed by atoms with E-state index in [1.54, 1.807) is 0 Å². The fourth-order valence-corrected chi connectivity index (χ4v) is 3.96. The van der Waals surface area contributed by atoms with Crippen LogP contribution in [0.25, 0.3) is 0 Å². The van der Waals surface area contributed by atoms with Crippen LogP contribution in [0.4, 0.5) is 0 Å². The van der Waals surface area contributed by atoms with Crippen LogP contribution < -0.4 is 0 Å². The maximum absolute atomic E-state index is 12.9. The van der Waals surface area contributed by atoms with E-state index in [0.29, 0.717) is 5.91 Å². The van der Waals surface area contributed by atoms with Crippen molar-refractivity contribution in [2.75, 3.05) is 26.2 Å². The minimum atomic E-state index is 0.194. The Balaban J connectivity index is 1.41. The van der Waals surface area contributed by atoms with Gasteiger partial charge in [-0.05, 0) is 63.4 Å². The Kier molecular flexibility index (Phi) is 7.46. The first-order chi connectivity index (χ1) is 13.3. The molecule has 3 nitrogen and oxygen atoms in total. The first-order valence-corrected chi connectivity index (χ1v) is 10.3. The highest BCUT2D eigenvalue weighted by Crippen LogP contribution is 2.21. The third-order valence-electron chi connectivity index (χ3n) is 5.63. The average Bonchev–Trinajstić information content (AvgIpc) is 2.73. The van der Waals surface area contributed by atoms with Gasteiger partial charge in [0.2, 0.25) is 5.91 Å². The molecule has 0 spiro atoms. The second kappa shape index (κ2) is 10.3. The Morgan fingerprint density at radius 2 is 1.56 bits per heavy atom. The van der Waals surface area contributed by atoms with Gasteiger partial charge >= 0.3 is 0 Å². The van der Waals surface area contributed by atoms with Gasteiger partial charge in [0.15, 0.2) is 0 Å². The number of carbonyl (C=O) groups excluding carboxylic acids is 1. The van der Waals surface area contributed by atoms with Crippen molar-refractivity contribution in [1.82, 2.24) is 9.80 Å². The lowest BCUT2D eigenvalue weighted by molar-refractivity contribution is -0.137. The Morgan fingerprint density at radius 3 is 2.15 bits per heavy atom. The quantitative estimate of drug-likeness (QED) is 0.694. The van der Waals surface area contributed by atoms with Gasteiger partial charge in [0.05, 0.1) is 0 Å². The van der Waals surface area contributed by atoms with Gasteiger partial charge in [-0.15, -0.1) is 0 Å². The van der Waals surface area contributed by atoms with Crippen LogP contribution in [0.3, 0.4) is 0 Å². The molecule has 2 aromatic rings. The molecule has 0 bridgehead atoms. The molecule has 1 aliphatic rings. The van der Waals surface area contributed by atoms with Gasteiger partial charge < -0.3 is 9.80 Å². The molecule has 0 unspecified atom stereocenters. The number of amides is 1. The molecule has 27 heavy (non-hydrogen) atoms. The Hall–Kier alpha value is -2.13. The summed E-state index contributed by atoms with van der Waals surface area (Å²) in [6.45, 7) is 6.83. The number of rotatable bonds is 8.